The molecule has 0 saturated carbocycles. The summed E-state index contributed by atoms with van der Waals surface area (Å²) < 4.78 is 0. The molecule has 0 fully saturated rings. The van der Waals surface area contributed by atoms with E-state index in [9.17, 15) is 9.59 Å². The van der Waals surface area contributed by atoms with Crippen molar-refractivity contribution in [3.63, 3.8) is 0 Å². The molecule has 0 unspecified atom stereocenters. The van der Waals surface area contributed by atoms with Crippen molar-refractivity contribution < 1.29 is 9.59 Å². The monoisotopic (exact) mass is 494 g/mol. The molecule has 2 amide bonds. The number of nitrogens with one attached hydrogen (secondary N) is 1. The second-order valence-corrected chi connectivity index (χ2v) is 10.7. The minimum Gasteiger partial charge on any atom is -0.350 e. The number of hydrogen-bond acceptors (Lipinski definition) is 3. The minimum absolute atomic E-state index is 0.0726. The van der Waals surface area contributed by atoms with Gasteiger partial charge < -0.3 is 10.2 Å². The Bertz CT molecular complexity index is 927. The predicted octanol–water partition coefficient (Wildman–Crippen LogP) is 6.26. The Labute approximate surface area is 206 Å². The molecule has 0 aliphatic heterocycles. The van der Waals surface area contributed by atoms with Gasteiger partial charge in [-0.1, -0.05) is 66.0 Å². The van der Waals surface area contributed by atoms with Gasteiger partial charge in [0.05, 0.1) is 5.75 Å². The zero-order chi connectivity index (χ0) is 23.9. The normalized spacial score (nSPS) is 12.3. The maximum atomic E-state index is 13.3. The number of rotatable bonds is 9. The van der Waals surface area contributed by atoms with Crippen LogP contribution in [-0.2, 0) is 21.9 Å². The molecule has 4 nitrogen and oxygen atoms in total. The molecule has 1 N–H and O–H groups in total. The van der Waals surface area contributed by atoms with Gasteiger partial charge in [0.2, 0.25) is 11.8 Å². The molecular formula is C25H32Cl2N2O2S. The highest BCUT2D eigenvalue weighted by Gasteiger charge is 2.30. The van der Waals surface area contributed by atoms with Crippen LogP contribution < -0.4 is 5.32 Å². The summed E-state index contributed by atoms with van der Waals surface area (Å²) in [5.41, 5.74) is 2.70. The van der Waals surface area contributed by atoms with E-state index in [1.807, 2.05) is 65.0 Å². The number of hydrogen-bond donors (Lipinski definition) is 1. The molecule has 0 aliphatic rings. The molecule has 1 atom stereocenters. The molecule has 0 aliphatic carbocycles. The van der Waals surface area contributed by atoms with Crippen LogP contribution in [0.2, 0.25) is 10.0 Å². The van der Waals surface area contributed by atoms with Crippen LogP contribution in [0.25, 0.3) is 0 Å². The molecular weight excluding hydrogens is 463 g/mol. The van der Waals surface area contributed by atoms with Gasteiger partial charge in [-0.15, -0.1) is 11.8 Å². The fourth-order valence-electron chi connectivity index (χ4n) is 3.23. The van der Waals surface area contributed by atoms with Gasteiger partial charge in [0.25, 0.3) is 0 Å². The average molecular weight is 496 g/mol. The first-order valence-electron chi connectivity index (χ1n) is 10.7. The van der Waals surface area contributed by atoms with Gasteiger partial charge in [-0.3, -0.25) is 9.59 Å². The van der Waals surface area contributed by atoms with Crippen LogP contribution in [0.1, 0.15) is 50.8 Å². The van der Waals surface area contributed by atoms with E-state index >= 15 is 0 Å². The van der Waals surface area contributed by atoms with E-state index < -0.39 is 6.04 Å². The van der Waals surface area contributed by atoms with Crippen molar-refractivity contribution in [1.29, 1.82) is 0 Å². The quantitative estimate of drug-likeness (QED) is 0.447. The zero-order valence-electron chi connectivity index (χ0n) is 19.4. The molecule has 2 aromatic rings. The Hall–Kier alpha value is -1.69. The standard InChI is InChI=1S/C25H32Cl2N2O2S/c1-6-22(24(31)28-25(3,4)5)29(14-18-9-7-17(2)8-10-18)23(30)16-32-15-19-11-12-20(26)13-21(19)27/h7-13,22H,6,14-16H2,1-5H3,(H,28,31)/t22-/m1/s1. The molecule has 0 radical (unpaired) electrons. The lowest BCUT2D eigenvalue weighted by Crippen LogP contribution is -2.53. The summed E-state index contributed by atoms with van der Waals surface area (Å²) in [6.45, 7) is 10.2. The Morgan fingerprint density at radius 3 is 2.31 bits per heavy atom. The third-order valence-corrected chi connectivity index (χ3v) is 6.41. The van der Waals surface area contributed by atoms with Gasteiger partial charge in [0.1, 0.15) is 6.04 Å². The van der Waals surface area contributed by atoms with Crippen LogP contribution in [0, 0.1) is 6.92 Å². The van der Waals surface area contributed by atoms with Gasteiger partial charge >= 0.3 is 0 Å². The number of carbonyl (C=O) groups excluding carboxylic acids is 2. The number of nitrogens with zero attached hydrogens (tertiary/aromatic N) is 1. The van der Waals surface area contributed by atoms with E-state index in [-0.39, 0.29) is 23.1 Å². The average Bonchev–Trinajstić information content (AvgIpc) is 2.69. The van der Waals surface area contributed by atoms with E-state index in [4.69, 9.17) is 23.2 Å². The predicted molar refractivity (Wildman–Crippen MR) is 136 cm³/mol. The van der Waals surface area contributed by atoms with Gasteiger partial charge in [0.15, 0.2) is 0 Å². The molecule has 0 saturated heterocycles. The third kappa shape index (κ3) is 8.34. The minimum atomic E-state index is -0.539. The lowest BCUT2D eigenvalue weighted by atomic mass is 10.1. The van der Waals surface area contributed by atoms with Crippen molar-refractivity contribution in [2.24, 2.45) is 0 Å². The highest BCUT2D eigenvalue weighted by atomic mass is 35.5. The summed E-state index contributed by atoms with van der Waals surface area (Å²) >= 11 is 13.7. The lowest BCUT2D eigenvalue weighted by molar-refractivity contribution is -0.140. The maximum absolute atomic E-state index is 13.3. The molecule has 7 heteroatoms. The number of amides is 2. The number of thioether (sulfide) groups is 1. The van der Waals surface area contributed by atoms with E-state index in [2.05, 4.69) is 5.32 Å². The van der Waals surface area contributed by atoms with Crippen molar-refractivity contribution in [3.8, 4) is 0 Å². The first-order valence-corrected chi connectivity index (χ1v) is 12.6. The fourth-order valence-corrected chi connectivity index (χ4v) is 4.70. The van der Waals surface area contributed by atoms with E-state index in [1.165, 1.54) is 11.8 Å². The third-order valence-electron chi connectivity index (χ3n) is 4.86. The Kier molecular flexibility index (Phi) is 9.93. The van der Waals surface area contributed by atoms with Crippen molar-refractivity contribution in [2.75, 3.05) is 5.75 Å². The van der Waals surface area contributed by atoms with Crippen molar-refractivity contribution in [2.45, 2.75) is 64.9 Å². The molecule has 0 heterocycles. The number of aryl methyl sites for hydroxylation is 1. The zero-order valence-corrected chi connectivity index (χ0v) is 21.7. The lowest BCUT2D eigenvalue weighted by Gasteiger charge is -2.33. The van der Waals surface area contributed by atoms with Gasteiger partial charge in [-0.2, -0.15) is 0 Å². The second-order valence-electron chi connectivity index (χ2n) is 8.90. The maximum Gasteiger partial charge on any atom is 0.243 e. The van der Waals surface area contributed by atoms with E-state index in [0.29, 0.717) is 28.8 Å². The van der Waals surface area contributed by atoms with Crippen LogP contribution in [-0.4, -0.2) is 34.0 Å². The summed E-state index contributed by atoms with van der Waals surface area (Å²) in [6, 6.07) is 12.9. The Morgan fingerprint density at radius 1 is 1.09 bits per heavy atom. The summed E-state index contributed by atoms with van der Waals surface area (Å²) in [5, 5.41) is 4.20. The highest BCUT2D eigenvalue weighted by Crippen LogP contribution is 2.25. The molecule has 174 valence electrons. The van der Waals surface area contributed by atoms with Crippen molar-refractivity contribution >= 4 is 46.8 Å². The van der Waals surface area contributed by atoms with Crippen LogP contribution in [0.5, 0.6) is 0 Å². The number of halogens is 2. The summed E-state index contributed by atoms with van der Waals surface area (Å²) in [6.07, 6.45) is 0.535. The molecule has 2 aromatic carbocycles. The van der Waals surface area contributed by atoms with Gasteiger partial charge in [-0.05, 0) is 57.4 Å². The Morgan fingerprint density at radius 2 is 1.75 bits per heavy atom. The van der Waals surface area contributed by atoms with Crippen LogP contribution in [0.15, 0.2) is 42.5 Å². The molecule has 0 aromatic heterocycles. The summed E-state index contributed by atoms with van der Waals surface area (Å²) in [5.74, 6) is 0.637. The molecule has 32 heavy (non-hydrogen) atoms. The molecule has 0 spiro atoms. The molecule has 2 rings (SSSR count). The smallest absolute Gasteiger partial charge is 0.243 e. The van der Waals surface area contributed by atoms with E-state index in [0.717, 1.165) is 16.7 Å². The van der Waals surface area contributed by atoms with Crippen LogP contribution in [0.3, 0.4) is 0 Å². The van der Waals surface area contributed by atoms with Crippen molar-refractivity contribution in [3.05, 3.63) is 69.2 Å². The van der Waals surface area contributed by atoms with E-state index in [1.54, 1.807) is 17.0 Å². The van der Waals surface area contributed by atoms with Gasteiger partial charge in [-0.25, -0.2) is 0 Å². The van der Waals surface area contributed by atoms with Crippen LogP contribution >= 0.6 is 35.0 Å². The number of benzene rings is 2. The fraction of sp³-hybridized carbons (Fsp3) is 0.440. The topological polar surface area (TPSA) is 49.4 Å². The van der Waals surface area contributed by atoms with Gasteiger partial charge in [0, 0.05) is 27.9 Å². The first kappa shape index (κ1) is 26.6. The van der Waals surface area contributed by atoms with Crippen molar-refractivity contribution in [1.82, 2.24) is 10.2 Å². The highest BCUT2D eigenvalue weighted by molar-refractivity contribution is 7.99. The van der Waals surface area contributed by atoms with Crippen LogP contribution in [0.4, 0.5) is 0 Å². The first-order chi connectivity index (χ1) is 15.0. The largest absolute Gasteiger partial charge is 0.350 e. The molecule has 0 bridgehead atoms. The summed E-state index contributed by atoms with van der Waals surface area (Å²) in [4.78, 5) is 28.0. The second kappa shape index (κ2) is 12.0. The Balaban J connectivity index is 2.16. The SMILES string of the molecule is CC[C@H](C(=O)NC(C)(C)C)N(Cc1ccc(C)cc1)C(=O)CSCc1ccc(Cl)cc1Cl. The number of carbonyl (C=O) groups is 2. The summed E-state index contributed by atoms with van der Waals surface area (Å²) in [7, 11) is 0.